The second-order valence-corrected chi connectivity index (χ2v) is 4.08. The quantitative estimate of drug-likeness (QED) is 0.720. The average Bonchev–Trinajstić information content (AvgIpc) is 3.10. The van der Waals surface area contributed by atoms with Crippen LogP contribution in [0.5, 0.6) is 0 Å². The van der Waals surface area contributed by atoms with Gasteiger partial charge in [0.05, 0.1) is 12.6 Å². The SMILES string of the molecule is O=c1n(Cc2ccc(F)nc2)nnn1C1CC1. The normalized spacial score (nSPS) is 15.1. The van der Waals surface area contributed by atoms with E-state index in [1.165, 1.54) is 21.6 Å². The van der Waals surface area contributed by atoms with Crippen molar-refractivity contribution >= 4 is 0 Å². The van der Waals surface area contributed by atoms with Crippen molar-refractivity contribution in [3.05, 3.63) is 40.3 Å². The standard InChI is InChI=1S/C10H10FN5O/c11-9-4-1-7(5-12-9)6-15-10(17)16(14-13-15)8-2-3-8/h1,4-5,8H,2-3,6H2. The van der Waals surface area contributed by atoms with E-state index in [4.69, 9.17) is 0 Å². The average molecular weight is 235 g/mol. The summed E-state index contributed by atoms with van der Waals surface area (Å²) in [5, 5.41) is 7.60. The van der Waals surface area contributed by atoms with E-state index >= 15 is 0 Å². The molecule has 2 aromatic heterocycles. The van der Waals surface area contributed by atoms with Gasteiger partial charge in [-0.3, -0.25) is 0 Å². The number of nitrogens with zero attached hydrogens (tertiary/aromatic N) is 5. The largest absolute Gasteiger partial charge is 0.364 e. The van der Waals surface area contributed by atoms with Crippen LogP contribution in [0.4, 0.5) is 4.39 Å². The third-order valence-electron chi connectivity index (χ3n) is 2.67. The van der Waals surface area contributed by atoms with E-state index in [9.17, 15) is 9.18 Å². The van der Waals surface area contributed by atoms with E-state index < -0.39 is 5.95 Å². The fraction of sp³-hybridized carbons (Fsp3) is 0.400. The minimum absolute atomic E-state index is 0.211. The van der Waals surface area contributed by atoms with Crippen LogP contribution in [-0.4, -0.2) is 24.8 Å². The molecule has 0 aromatic carbocycles. The maximum absolute atomic E-state index is 12.6. The van der Waals surface area contributed by atoms with Gasteiger partial charge in [-0.2, -0.15) is 13.8 Å². The summed E-state index contributed by atoms with van der Waals surface area (Å²) in [6, 6.07) is 3.04. The molecular formula is C10H10FN5O. The van der Waals surface area contributed by atoms with Crippen molar-refractivity contribution in [3.63, 3.8) is 0 Å². The molecular weight excluding hydrogens is 225 g/mol. The summed E-state index contributed by atoms with van der Waals surface area (Å²) < 4.78 is 15.3. The van der Waals surface area contributed by atoms with E-state index in [-0.39, 0.29) is 18.3 Å². The van der Waals surface area contributed by atoms with Gasteiger partial charge >= 0.3 is 5.69 Å². The second kappa shape index (κ2) is 3.76. The maximum atomic E-state index is 12.6. The molecule has 0 N–H and O–H groups in total. The highest BCUT2D eigenvalue weighted by molar-refractivity contribution is 5.09. The van der Waals surface area contributed by atoms with Crippen molar-refractivity contribution in [1.82, 2.24) is 24.8 Å². The van der Waals surface area contributed by atoms with Gasteiger partial charge in [-0.05, 0) is 34.9 Å². The molecule has 7 heteroatoms. The lowest BCUT2D eigenvalue weighted by Gasteiger charge is -1.98. The zero-order valence-corrected chi connectivity index (χ0v) is 8.95. The third-order valence-corrected chi connectivity index (χ3v) is 2.67. The molecule has 3 rings (SSSR count). The summed E-state index contributed by atoms with van der Waals surface area (Å²) >= 11 is 0. The molecule has 0 radical (unpaired) electrons. The maximum Gasteiger partial charge on any atom is 0.364 e. The smallest absolute Gasteiger partial charge is 0.244 e. The van der Waals surface area contributed by atoms with Crippen LogP contribution >= 0.6 is 0 Å². The van der Waals surface area contributed by atoms with E-state index in [1.807, 2.05) is 0 Å². The number of aromatic nitrogens is 5. The Kier molecular flexibility index (Phi) is 2.24. The zero-order chi connectivity index (χ0) is 11.8. The molecule has 1 aliphatic carbocycles. The highest BCUT2D eigenvalue weighted by atomic mass is 19.1. The van der Waals surface area contributed by atoms with Crippen molar-refractivity contribution < 1.29 is 4.39 Å². The van der Waals surface area contributed by atoms with Crippen molar-refractivity contribution in [2.75, 3.05) is 0 Å². The summed E-state index contributed by atoms with van der Waals surface area (Å²) in [6.45, 7) is 0.263. The first-order valence-corrected chi connectivity index (χ1v) is 5.37. The Bertz CT molecular complexity index is 583. The molecule has 1 aliphatic rings. The van der Waals surface area contributed by atoms with Gasteiger partial charge in [0.1, 0.15) is 0 Å². The van der Waals surface area contributed by atoms with Crippen molar-refractivity contribution in [3.8, 4) is 0 Å². The van der Waals surface area contributed by atoms with Crippen molar-refractivity contribution in [2.45, 2.75) is 25.4 Å². The van der Waals surface area contributed by atoms with Crippen LogP contribution in [0.1, 0.15) is 24.4 Å². The number of rotatable bonds is 3. The number of hydrogen-bond donors (Lipinski definition) is 0. The van der Waals surface area contributed by atoms with Gasteiger partial charge in [-0.25, -0.2) is 9.78 Å². The Morgan fingerprint density at radius 2 is 2.18 bits per heavy atom. The van der Waals surface area contributed by atoms with Crippen molar-refractivity contribution in [2.24, 2.45) is 0 Å². The first-order valence-electron chi connectivity index (χ1n) is 5.37. The predicted molar refractivity (Wildman–Crippen MR) is 55.9 cm³/mol. The Labute approximate surface area is 95.7 Å². The fourth-order valence-corrected chi connectivity index (χ4v) is 1.61. The molecule has 2 aromatic rings. The fourth-order valence-electron chi connectivity index (χ4n) is 1.61. The van der Waals surface area contributed by atoms with E-state index in [0.717, 1.165) is 18.4 Å². The molecule has 0 atom stereocenters. The molecule has 17 heavy (non-hydrogen) atoms. The number of halogens is 1. The van der Waals surface area contributed by atoms with E-state index in [1.54, 1.807) is 6.07 Å². The van der Waals surface area contributed by atoms with Crippen LogP contribution in [0.25, 0.3) is 0 Å². The second-order valence-electron chi connectivity index (χ2n) is 4.08. The van der Waals surface area contributed by atoms with Crippen LogP contribution in [-0.2, 0) is 6.54 Å². The monoisotopic (exact) mass is 235 g/mol. The molecule has 0 spiro atoms. The Morgan fingerprint density at radius 1 is 1.35 bits per heavy atom. The number of tetrazole rings is 1. The Balaban J connectivity index is 1.85. The molecule has 0 saturated heterocycles. The van der Waals surface area contributed by atoms with Gasteiger partial charge in [0.15, 0.2) is 0 Å². The number of pyridine rings is 1. The highest BCUT2D eigenvalue weighted by Gasteiger charge is 2.27. The van der Waals surface area contributed by atoms with Gasteiger partial charge in [0.2, 0.25) is 5.95 Å². The first kappa shape index (κ1) is 10.1. The molecule has 88 valence electrons. The van der Waals surface area contributed by atoms with Gasteiger partial charge in [-0.15, -0.1) is 0 Å². The van der Waals surface area contributed by atoms with Crippen LogP contribution in [0.2, 0.25) is 0 Å². The third kappa shape index (κ3) is 1.95. The summed E-state index contributed by atoms with van der Waals surface area (Å²) in [4.78, 5) is 15.4. The molecule has 0 bridgehead atoms. The molecule has 0 unspecified atom stereocenters. The van der Waals surface area contributed by atoms with Crippen LogP contribution in [0, 0.1) is 5.95 Å². The number of hydrogen-bond acceptors (Lipinski definition) is 4. The molecule has 1 fully saturated rings. The summed E-state index contributed by atoms with van der Waals surface area (Å²) in [6.07, 6.45) is 3.35. The topological polar surface area (TPSA) is 65.6 Å². The lowest BCUT2D eigenvalue weighted by atomic mass is 10.3. The van der Waals surface area contributed by atoms with Gasteiger partial charge in [-0.1, -0.05) is 6.07 Å². The molecule has 6 nitrogen and oxygen atoms in total. The van der Waals surface area contributed by atoms with Crippen LogP contribution in [0.15, 0.2) is 23.1 Å². The predicted octanol–water partition coefficient (Wildman–Crippen LogP) is 0.357. The van der Waals surface area contributed by atoms with Crippen LogP contribution < -0.4 is 5.69 Å². The lowest BCUT2D eigenvalue weighted by molar-refractivity contribution is 0.577. The minimum atomic E-state index is -0.539. The van der Waals surface area contributed by atoms with Crippen molar-refractivity contribution in [1.29, 1.82) is 0 Å². The summed E-state index contributed by atoms with van der Waals surface area (Å²) in [7, 11) is 0. The van der Waals surface area contributed by atoms with Gasteiger partial charge in [0, 0.05) is 6.20 Å². The first-order chi connectivity index (χ1) is 8.24. The minimum Gasteiger partial charge on any atom is -0.244 e. The molecule has 2 heterocycles. The van der Waals surface area contributed by atoms with Gasteiger partial charge in [0.25, 0.3) is 0 Å². The van der Waals surface area contributed by atoms with E-state index in [0.29, 0.717) is 0 Å². The molecule has 0 aliphatic heterocycles. The Morgan fingerprint density at radius 3 is 2.82 bits per heavy atom. The summed E-state index contributed by atoms with van der Waals surface area (Å²) in [5.74, 6) is -0.539. The van der Waals surface area contributed by atoms with Crippen LogP contribution in [0.3, 0.4) is 0 Å². The zero-order valence-electron chi connectivity index (χ0n) is 8.95. The van der Waals surface area contributed by atoms with E-state index in [2.05, 4.69) is 15.4 Å². The lowest BCUT2D eigenvalue weighted by Crippen LogP contribution is -2.25. The Hall–Kier alpha value is -2.05. The summed E-state index contributed by atoms with van der Waals surface area (Å²) in [5.41, 5.74) is 0.494. The molecule has 1 saturated carbocycles. The van der Waals surface area contributed by atoms with Gasteiger partial charge < -0.3 is 0 Å². The molecule has 0 amide bonds. The highest BCUT2D eigenvalue weighted by Crippen LogP contribution is 2.32.